The van der Waals surface area contributed by atoms with Crippen molar-refractivity contribution >= 4 is 32.8 Å². The number of nitrogens with one attached hydrogen (secondary N) is 1. The van der Waals surface area contributed by atoms with Gasteiger partial charge in [-0.2, -0.15) is 18.7 Å². The maximum Gasteiger partial charge on any atom is 0.243 e. The Morgan fingerprint density at radius 2 is 2.24 bits per heavy atom. The van der Waals surface area contributed by atoms with Crippen LogP contribution in [0.25, 0.3) is 11.0 Å². The maximum atomic E-state index is 12.0. The average Bonchev–Trinajstić information content (AvgIpc) is 2.75. The quantitative estimate of drug-likeness (QED) is 0.891. The fraction of sp³-hybridized carbons (Fsp3) is 0.222. The van der Waals surface area contributed by atoms with Gasteiger partial charge in [0.25, 0.3) is 0 Å². The molecule has 0 bridgehead atoms. The second-order valence-electron chi connectivity index (χ2n) is 3.36. The number of fused-ring (bicyclic) bond motifs is 1. The lowest BCUT2D eigenvalue weighted by Crippen LogP contribution is -2.31. The summed E-state index contributed by atoms with van der Waals surface area (Å²) in [5.74, 6) is 0. The van der Waals surface area contributed by atoms with Crippen LogP contribution >= 0.6 is 11.7 Å². The molecule has 0 radical (unpaired) electrons. The van der Waals surface area contributed by atoms with Crippen LogP contribution in [0.15, 0.2) is 23.1 Å². The van der Waals surface area contributed by atoms with Crippen LogP contribution in [-0.4, -0.2) is 23.2 Å². The van der Waals surface area contributed by atoms with E-state index in [0.29, 0.717) is 11.0 Å². The number of sulfonamides is 1. The third kappa shape index (κ3) is 2.26. The lowest BCUT2D eigenvalue weighted by atomic mass is 10.3. The molecule has 0 saturated heterocycles. The van der Waals surface area contributed by atoms with E-state index in [4.69, 9.17) is 5.26 Å². The van der Waals surface area contributed by atoms with E-state index in [1.165, 1.54) is 13.0 Å². The Morgan fingerprint density at radius 3 is 2.94 bits per heavy atom. The van der Waals surface area contributed by atoms with Gasteiger partial charge in [0, 0.05) is 0 Å². The molecule has 1 aromatic carbocycles. The van der Waals surface area contributed by atoms with Crippen LogP contribution in [0.4, 0.5) is 0 Å². The lowest BCUT2D eigenvalue weighted by molar-refractivity contribution is 0.578. The number of nitrogens with zero attached hydrogens (tertiary/aromatic N) is 3. The second kappa shape index (κ2) is 4.37. The van der Waals surface area contributed by atoms with E-state index in [1.54, 1.807) is 12.1 Å². The summed E-state index contributed by atoms with van der Waals surface area (Å²) >= 11 is 0.951. The molecule has 1 N–H and O–H groups in total. The van der Waals surface area contributed by atoms with Gasteiger partial charge in [0.15, 0.2) is 0 Å². The van der Waals surface area contributed by atoms with Crippen LogP contribution in [0.3, 0.4) is 0 Å². The monoisotopic (exact) mass is 268 g/mol. The molecule has 0 spiro atoms. The number of rotatable bonds is 3. The van der Waals surface area contributed by atoms with Gasteiger partial charge in [-0.15, -0.1) is 0 Å². The molecule has 0 aliphatic heterocycles. The van der Waals surface area contributed by atoms with Gasteiger partial charge in [-0.05, 0) is 19.1 Å². The largest absolute Gasteiger partial charge is 0.243 e. The topological polar surface area (TPSA) is 95.7 Å². The zero-order valence-corrected chi connectivity index (χ0v) is 10.4. The van der Waals surface area contributed by atoms with Crippen molar-refractivity contribution in [3.63, 3.8) is 0 Å². The van der Waals surface area contributed by atoms with E-state index in [2.05, 4.69) is 13.5 Å². The van der Waals surface area contributed by atoms with Crippen LogP contribution < -0.4 is 4.72 Å². The molecule has 2 rings (SSSR count). The highest BCUT2D eigenvalue weighted by Gasteiger charge is 2.21. The molecule has 0 fully saturated rings. The summed E-state index contributed by atoms with van der Waals surface area (Å²) in [5, 5.41) is 8.62. The summed E-state index contributed by atoms with van der Waals surface area (Å²) in [7, 11) is -3.74. The van der Waals surface area contributed by atoms with Crippen molar-refractivity contribution in [2.75, 3.05) is 0 Å². The highest BCUT2D eigenvalue weighted by atomic mass is 32.2. The molecule has 6 nitrogen and oxygen atoms in total. The van der Waals surface area contributed by atoms with Gasteiger partial charge in [-0.25, -0.2) is 8.42 Å². The first-order valence-electron chi connectivity index (χ1n) is 4.68. The summed E-state index contributed by atoms with van der Waals surface area (Å²) in [6, 6.07) is 5.74. The highest BCUT2D eigenvalue weighted by Crippen LogP contribution is 2.20. The minimum atomic E-state index is -3.74. The zero-order valence-electron chi connectivity index (χ0n) is 8.78. The predicted octanol–water partition coefficient (Wildman–Crippen LogP) is 0.882. The predicted molar refractivity (Wildman–Crippen MR) is 62.8 cm³/mol. The molecule has 0 saturated carbocycles. The average molecular weight is 268 g/mol. The van der Waals surface area contributed by atoms with Crippen LogP contribution in [0.5, 0.6) is 0 Å². The Hall–Kier alpha value is -1.56. The number of benzene rings is 1. The van der Waals surface area contributed by atoms with Crippen molar-refractivity contribution in [3.8, 4) is 6.07 Å². The van der Waals surface area contributed by atoms with Crippen molar-refractivity contribution < 1.29 is 8.42 Å². The van der Waals surface area contributed by atoms with E-state index in [-0.39, 0.29) is 4.90 Å². The number of nitriles is 1. The molecular weight excluding hydrogens is 260 g/mol. The third-order valence-corrected chi connectivity index (χ3v) is 4.18. The molecule has 1 atom stereocenters. The molecule has 17 heavy (non-hydrogen) atoms. The van der Waals surface area contributed by atoms with Gasteiger partial charge in [-0.1, -0.05) is 6.07 Å². The van der Waals surface area contributed by atoms with Gasteiger partial charge in [-0.3, -0.25) is 0 Å². The molecule has 1 aromatic heterocycles. The van der Waals surface area contributed by atoms with Gasteiger partial charge in [0.2, 0.25) is 10.0 Å². The normalized spacial score (nSPS) is 13.4. The first kappa shape index (κ1) is 11.9. The van der Waals surface area contributed by atoms with Gasteiger partial charge >= 0.3 is 0 Å². The second-order valence-corrected chi connectivity index (χ2v) is 5.57. The summed E-state index contributed by atoms with van der Waals surface area (Å²) in [6.45, 7) is 1.47. The van der Waals surface area contributed by atoms with E-state index in [1.807, 2.05) is 6.07 Å². The molecule has 2 aromatic rings. The van der Waals surface area contributed by atoms with Crippen molar-refractivity contribution in [3.05, 3.63) is 18.2 Å². The molecule has 1 heterocycles. The first-order chi connectivity index (χ1) is 8.04. The van der Waals surface area contributed by atoms with Crippen molar-refractivity contribution in [1.82, 2.24) is 13.5 Å². The maximum absolute atomic E-state index is 12.0. The fourth-order valence-electron chi connectivity index (χ4n) is 1.32. The number of hydrogen-bond acceptors (Lipinski definition) is 6. The Bertz CT molecular complexity index is 686. The summed E-state index contributed by atoms with van der Waals surface area (Å²) in [5.41, 5.74) is 0.859. The first-order valence-corrected chi connectivity index (χ1v) is 6.89. The van der Waals surface area contributed by atoms with E-state index in [9.17, 15) is 8.42 Å². The highest BCUT2D eigenvalue weighted by molar-refractivity contribution is 7.89. The Labute approximate surface area is 102 Å². The smallest absolute Gasteiger partial charge is 0.207 e. The van der Waals surface area contributed by atoms with Gasteiger partial charge in [0.1, 0.15) is 22.0 Å². The standard InChI is InChI=1S/C9H8N4O2S2/c1-6(5-10)13-17(14,15)8-4-2-3-7-9(8)12-16-11-7/h2-4,6,13H,1H3. The summed E-state index contributed by atoms with van der Waals surface area (Å²) < 4.78 is 34.1. The number of hydrogen-bond donors (Lipinski definition) is 1. The Morgan fingerprint density at radius 1 is 1.47 bits per heavy atom. The van der Waals surface area contributed by atoms with Crippen LogP contribution in [0, 0.1) is 11.3 Å². The summed E-state index contributed by atoms with van der Waals surface area (Å²) in [4.78, 5) is 0.0471. The van der Waals surface area contributed by atoms with Gasteiger partial charge in [0.05, 0.1) is 17.8 Å². The van der Waals surface area contributed by atoms with E-state index >= 15 is 0 Å². The van der Waals surface area contributed by atoms with Gasteiger partial charge < -0.3 is 0 Å². The minimum absolute atomic E-state index is 0.0471. The molecule has 0 amide bonds. The lowest BCUT2D eigenvalue weighted by Gasteiger charge is -2.07. The van der Waals surface area contributed by atoms with E-state index in [0.717, 1.165) is 11.7 Å². The van der Waals surface area contributed by atoms with E-state index < -0.39 is 16.1 Å². The minimum Gasteiger partial charge on any atom is -0.207 e. The van der Waals surface area contributed by atoms with Crippen molar-refractivity contribution in [2.45, 2.75) is 17.9 Å². The van der Waals surface area contributed by atoms with Crippen molar-refractivity contribution in [1.29, 1.82) is 5.26 Å². The Kier molecular flexibility index (Phi) is 3.06. The molecular formula is C9H8N4O2S2. The SMILES string of the molecule is CC(C#N)NS(=O)(=O)c1cccc2nsnc12. The number of aromatic nitrogens is 2. The van der Waals surface area contributed by atoms with Crippen LogP contribution in [-0.2, 0) is 10.0 Å². The fourth-order valence-corrected chi connectivity index (χ4v) is 3.24. The van der Waals surface area contributed by atoms with Crippen LogP contribution in [0.1, 0.15) is 6.92 Å². The van der Waals surface area contributed by atoms with Crippen molar-refractivity contribution in [2.24, 2.45) is 0 Å². The molecule has 0 aliphatic rings. The zero-order chi connectivity index (χ0) is 12.5. The molecule has 1 unspecified atom stereocenters. The molecule has 88 valence electrons. The Balaban J connectivity index is 2.53. The molecule has 8 heteroatoms. The summed E-state index contributed by atoms with van der Waals surface area (Å²) in [6.07, 6.45) is 0. The third-order valence-electron chi connectivity index (χ3n) is 2.06. The van der Waals surface area contributed by atoms with Crippen LogP contribution in [0.2, 0.25) is 0 Å². The molecule has 0 aliphatic carbocycles.